The lowest BCUT2D eigenvalue weighted by Crippen LogP contribution is -2.09. The molecule has 1 saturated carbocycles. The molecule has 2 heteroatoms. The first-order chi connectivity index (χ1) is 5.10. The van der Waals surface area contributed by atoms with Crippen molar-refractivity contribution in [1.29, 1.82) is 0 Å². The first kappa shape index (κ1) is 8.06. The van der Waals surface area contributed by atoms with E-state index in [-0.39, 0.29) is 0 Å². The summed E-state index contributed by atoms with van der Waals surface area (Å²) in [5.74, 6) is 0. The fourth-order valence-corrected chi connectivity index (χ4v) is 2.74. The van der Waals surface area contributed by atoms with Crippen LogP contribution in [0.15, 0.2) is 0 Å². The molecule has 1 spiro atoms. The van der Waals surface area contributed by atoms with E-state index in [4.69, 9.17) is 4.74 Å². The highest BCUT2D eigenvalue weighted by molar-refractivity contribution is 9.09. The zero-order valence-corrected chi connectivity index (χ0v) is 8.78. The maximum absolute atomic E-state index is 5.67. The van der Waals surface area contributed by atoms with Gasteiger partial charge in [0.15, 0.2) is 0 Å². The molecule has 2 unspecified atom stereocenters. The predicted octanol–water partition coefficient (Wildman–Crippen LogP) is 2.59. The van der Waals surface area contributed by atoms with Crippen molar-refractivity contribution in [3.05, 3.63) is 0 Å². The molecule has 1 aliphatic carbocycles. The minimum absolute atomic E-state index is 0.483. The number of hydrogen-bond acceptors (Lipinski definition) is 1. The lowest BCUT2D eigenvalue weighted by molar-refractivity contribution is 0.118. The third kappa shape index (κ3) is 1.06. The fraction of sp³-hybridized carbons (Fsp3) is 1.00. The van der Waals surface area contributed by atoms with E-state index < -0.39 is 0 Å². The first-order valence-electron chi connectivity index (χ1n) is 4.27. The van der Waals surface area contributed by atoms with Crippen LogP contribution in [0.2, 0.25) is 0 Å². The molecule has 1 heterocycles. The molecule has 0 radical (unpaired) electrons. The molecule has 1 aliphatic heterocycles. The van der Waals surface area contributed by atoms with Crippen molar-refractivity contribution in [2.24, 2.45) is 10.8 Å². The molecule has 64 valence electrons. The standard InChI is InChI=1S/C9H15BrO/c1-8(2)5-9(8)3-7(4-10)11-6-9/h7H,3-6H2,1-2H3. The molecule has 0 aromatic carbocycles. The van der Waals surface area contributed by atoms with Crippen LogP contribution in [0.5, 0.6) is 0 Å². The second-order valence-electron chi connectivity index (χ2n) is 4.63. The average molecular weight is 219 g/mol. The first-order valence-corrected chi connectivity index (χ1v) is 5.39. The van der Waals surface area contributed by atoms with E-state index in [0.717, 1.165) is 11.9 Å². The highest BCUT2D eigenvalue weighted by atomic mass is 79.9. The van der Waals surface area contributed by atoms with Crippen LogP contribution < -0.4 is 0 Å². The topological polar surface area (TPSA) is 9.23 Å². The number of alkyl halides is 1. The van der Waals surface area contributed by atoms with Crippen LogP contribution in [-0.2, 0) is 4.74 Å². The Morgan fingerprint density at radius 3 is 2.45 bits per heavy atom. The van der Waals surface area contributed by atoms with Crippen LogP contribution in [-0.4, -0.2) is 18.0 Å². The van der Waals surface area contributed by atoms with E-state index >= 15 is 0 Å². The summed E-state index contributed by atoms with van der Waals surface area (Å²) in [6.07, 6.45) is 3.12. The molecular weight excluding hydrogens is 204 g/mol. The second kappa shape index (κ2) is 2.23. The summed E-state index contributed by atoms with van der Waals surface area (Å²) in [6.45, 7) is 5.70. The van der Waals surface area contributed by atoms with E-state index in [1.165, 1.54) is 12.8 Å². The maximum atomic E-state index is 5.67. The lowest BCUT2D eigenvalue weighted by Gasteiger charge is -2.09. The van der Waals surface area contributed by atoms with Gasteiger partial charge in [-0.1, -0.05) is 29.8 Å². The summed E-state index contributed by atoms with van der Waals surface area (Å²) >= 11 is 3.47. The van der Waals surface area contributed by atoms with Crippen LogP contribution >= 0.6 is 15.9 Å². The second-order valence-corrected chi connectivity index (χ2v) is 5.28. The summed E-state index contributed by atoms with van der Waals surface area (Å²) < 4.78 is 5.67. The monoisotopic (exact) mass is 218 g/mol. The van der Waals surface area contributed by atoms with Gasteiger partial charge in [-0.05, 0) is 18.3 Å². The van der Waals surface area contributed by atoms with Crippen molar-refractivity contribution in [2.45, 2.75) is 32.8 Å². The van der Waals surface area contributed by atoms with E-state index in [1.54, 1.807) is 0 Å². The van der Waals surface area contributed by atoms with Crippen molar-refractivity contribution in [2.75, 3.05) is 11.9 Å². The van der Waals surface area contributed by atoms with Crippen LogP contribution in [0.25, 0.3) is 0 Å². The third-order valence-corrected chi connectivity index (χ3v) is 4.20. The molecule has 11 heavy (non-hydrogen) atoms. The summed E-state index contributed by atoms with van der Waals surface area (Å²) in [7, 11) is 0. The van der Waals surface area contributed by atoms with Gasteiger partial charge in [0, 0.05) is 10.7 Å². The molecule has 2 atom stereocenters. The Morgan fingerprint density at radius 2 is 2.18 bits per heavy atom. The van der Waals surface area contributed by atoms with Crippen LogP contribution in [0.1, 0.15) is 26.7 Å². The van der Waals surface area contributed by atoms with Crippen molar-refractivity contribution in [3.8, 4) is 0 Å². The molecule has 0 bridgehead atoms. The Labute approximate surface area is 76.6 Å². The average Bonchev–Trinajstić information content (AvgIpc) is 2.35. The molecule has 0 aromatic rings. The highest BCUT2D eigenvalue weighted by Crippen LogP contribution is 2.68. The zero-order valence-electron chi connectivity index (χ0n) is 7.19. The van der Waals surface area contributed by atoms with Crippen molar-refractivity contribution in [3.63, 3.8) is 0 Å². The Hall–Kier alpha value is 0.440. The van der Waals surface area contributed by atoms with Crippen molar-refractivity contribution >= 4 is 15.9 Å². The van der Waals surface area contributed by atoms with Gasteiger partial charge in [0.25, 0.3) is 0 Å². The van der Waals surface area contributed by atoms with Gasteiger partial charge in [-0.2, -0.15) is 0 Å². The normalized spacial score (nSPS) is 46.6. The molecule has 0 amide bonds. The SMILES string of the molecule is CC1(C)CC12COC(CBr)C2. The molecule has 2 rings (SSSR count). The molecular formula is C9H15BrO. The molecule has 0 aromatic heterocycles. The van der Waals surface area contributed by atoms with Gasteiger partial charge in [-0.3, -0.25) is 0 Å². The summed E-state index contributed by atoms with van der Waals surface area (Å²) in [6, 6.07) is 0. The Kier molecular flexibility index (Phi) is 1.63. The van der Waals surface area contributed by atoms with Gasteiger partial charge >= 0.3 is 0 Å². The Morgan fingerprint density at radius 1 is 1.55 bits per heavy atom. The summed E-state index contributed by atoms with van der Waals surface area (Å²) in [5.41, 5.74) is 1.12. The third-order valence-electron chi connectivity index (χ3n) is 3.48. The van der Waals surface area contributed by atoms with Gasteiger partial charge in [0.05, 0.1) is 12.7 Å². The van der Waals surface area contributed by atoms with Gasteiger partial charge in [0.2, 0.25) is 0 Å². The Balaban J connectivity index is 2.01. The van der Waals surface area contributed by atoms with E-state index in [1.807, 2.05) is 0 Å². The van der Waals surface area contributed by atoms with E-state index in [0.29, 0.717) is 16.9 Å². The smallest absolute Gasteiger partial charge is 0.0678 e. The number of ether oxygens (including phenoxy) is 1. The van der Waals surface area contributed by atoms with Gasteiger partial charge in [-0.25, -0.2) is 0 Å². The number of halogens is 1. The molecule has 1 saturated heterocycles. The van der Waals surface area contributed by atoms with E-state index in [2.05, 4.69) is 29.8 Å². The van der Waals surface area contributed by atoms with Crippen LogP contribution in [0.3, 0.4) is 0 Å². The number of rotatable bonds is 1. The van der Waals surface area contributed by atoms with Crippen LogP contribution in [0.4, 0.5) is 0 Å². The molecule has 1 nitrogen and oxygen atoms in total. The van der Waals surface area contributed by atoms with Crippen LogP contribution in [0, 0.1) is 10.8 Å². The fourth-order valence-electron chi connectivity index (χ4n) is 2.33. The maximum Gasteiger partial charge on any atom is 0.0678 e. The highest BCUT2D eigenvalue weighted by Gasteiger charge is 2.64. The molecule has 0 N–H and O–H groups in total. The quantitative estimate of drug-likeness (QED) is 0.616. The minimum atomic E-state index is 0.483. The van der Waals surface area contributed by atoms with Crippen molar-refractivity contribution < 1.29 is 4.74 Å². The molecule has 2 fully saturated rings. The predicted molar refractivity (Wildman–Crippen MR) is 49.0 cm³/mol. The Bertz CT molecular complexity index is 178. The minimum Gasteiger partial charge on any atom is -0.377 e. The number of hydrogen-bond donors (Lipinski definition) is 0. The molecule has 2 aliphatic rings. The van der Waals surface area contributed by atoms with Gasteiger partial charge in [0.1, 0.15) is 0 Å². The zero-order chi connectivity index (χ0) is 8.11. The lowest BCUT2D eigenvalue weighted by atomic mass is 9.93. The van der Waals surface area contributed by atoms with Gasteiger partial charge < -0.3 is 4.74 Å². The largest absolute Gasteiger partial charge is 0.377 e. The van der Waals surface area contributed by atoms with Crippen molar-refractivity contribution in [1.82, 2.24) is 0 Å². The van der Waals surface area contributed by atoms with E-state index in [9.17, 15) is 0 Å². The summed E-state index contributed by atoms with van der Waals surface area (Å²) in [5, 5.41) is 1.00. The summed E-state index contributed by atoms with van der Waals surface area (Å²) in [4.78, 5) is 0. The van der Waals surface area contributed by atoms with Gasteiger partial charge in [-0.15, -0.1) is 0 Å².